The summed E-state index contributed by atoms with van der Waals surface area (Å²) >= 11 is 0. The Kier molecular flexibility index (Phi) is 6.93. The summed E-state index contributed by atoms with van der Waals surface area (Å²) < 4.78 is 5.37. The molecule has 0 bridgehead atoms. The van der Waals surface area contributed by atoms with Crippen LogP contribution in [0.25, 0.3) is 0 Å². The molecule has 0 aliphatic carbocycles. The summed E-state index contributed by atoms with van der Waals surface area (Å²) in [6, 6.07) is -1.64. The molecule has 21 heavy (non-hydrogen) atoms. The molecule has 120 valence electrons. The van der Waals surface area contributed by atoms with Gasteiger partial charge in [0.1, 0.15) is 6.04 Å². The van der Waals surface area contributed by atoms with E-state index in [-0.39, 0.29) is 31.3 Å². The smallest absolute Gasteiger partial charge is 0.326 e. The number of ether oxygens (including phenoxy) is 1. The van der Waals surface area contributed by atoms with Gasteiger partial charge in [-0.05, 0) is 26.2 Å². The van der Waals surface area contributed by atoms with Crippen molar-refractivity contribution in [2.24, 2.45) is 5.92 Å². The fraction of sp³-hybridized carbons (Fsp3) is 0.769. The molecule has 1 fully saturated rings. The van der Waals surface area contributed by atoms with E-state index < -0.39 is 24.0 Å². The topological polar surface area (TPSA) is 125 Å². The first-order chi connectivity index (χ1) is 9.90. The molecule has 3 atom stereocenters. The van der Waals surface area contributed by atoms with Crippen LogP contribution in [0, 0.1) is 5.92 Å². The van der Waals surface area contributed by atoms with Gasteiger partial charge in [0.05, 0.1) is 6.10 Å². The quantitative estimate of drug-likeness (QED) is 0.515. The maximum Gasteiger partial charge on any atom is 0.326 e. The summed E-state index contributed by atoms with van der Waals surface area (Å²) in [6.45, 7) is 3.03. The molecule has 0 spiro atoms. The van der Waals surface area contributed by atoms with Gasteiger partial charge in [0.15, 0.2) is 0 Å². The van der Waals surface area contributed by atoms with Gasteiger partial charge in [0.2, 0.25) is 0 Å². The fourth-order valence-electron chi connectivity index (χ4n) is 2.19. The van der Waals surface area contributed by atoms with Gasteiger partial charge in [-0.25, -0.2) is 9.59 Å². The molecule has 2 unspecified atom stereocenters. The molecule has 1 saturated heterocycles. The van der Waals surface area contributed by atoms with Gasteiger partial charge in [-0.3, -0.25) is 4.79 Å². The van der Waals surface area contributed by atoms with Crippen LogP contribution in [0.15, 0.2) is 0 Å². The second-order valence-electron chi connectivity index (χ2n) is 5.16. The Morgan fingerprint density at radius 2 is 2.05 bits per heavy atom. The highest BCUT2D eigenvalue weighted by Gasteiger charge is 2.25. The van der Waals surface area contributed by atoms with E-state index in [1.807, 2.05) is 6.92 Å². The third-order valence-electron chi connectivity index (χ3n) is 3.54. The SMILES string of the molecule is CC1OCCC1CNC(=O)N[C@H](CCCC(=O)O)C(=O)O. The molecular weight excluding hydrogens is 280 g/mol. The number of urea groups is 1. The highest BCUT2D eigenvalue weighted by Crippen LogP contribution is 2.19. The monoisotopic (exact) mass is 302 g/mol. The number of carbonyl (C=O) groups is 3. The minimum atomic E-state index is -1.17. The average molecular weight is 302 g/mol. The second-order valence-corrected chi connectivity index (χ2v) is 5.16. The Morgan fingerprint density at radius 3 is 2.57 bits per heavy atom. The molecule has 4 N–H and O–H groups in total. The van der Waals surface area contributed by atoms with E-state index in [9.17, 15) is 14.4 Å². The average Bonchev–Trinajstić information content (AvgIpc) is 2.80. The zero-order valence-electron chi connectivity index (χ0n) is 12.0. The van der Waals surface area contributed by atoms with Gasteiger partial charge in [-0.15, -0.1) is 0 Å². The molecular formula is C13H22N2O6. The van der Waals surface area contributed by atoms with E-state index in [4.69, 9.17) is 14.9 Å². The number of nitrogens with one attached hydrogen (secondary N) is 2. The van der Waals surface area contributed by atoms with Crippen molar-refractivity contribution >= 4 is 18.0 Å². The van der Waals surface area contributed by atoms with Crippen LogP contribution in [0.1, 0.15) is 32.6 Å². The zero-order valence-corrected chi connectivity index (χ0v) is 12.0. The van der Waals surface area contributed by atoms with Crippen molar-refractivity contribution in [3.63, 3.8) is 0 Å². The number of amides is 2. The van der Waals surface area contributed by atoms with Gasteiger partial charge in [-0.2, -0.15) is 0 Å². The summed E-state index contributed by atoms with van der Waals surface area (Å²) in [5.41, 5.74) is 0. The maximum absolute atomic E-state index is 11.7. The fourth-order valence-corrected chi connectivity index (χ4v) is 2.19. The van der Waals surface area contributed by atoms with Crippen LogP contribution in [0.2, 0.25) is 0 Å². The number of carboxylic acids is 2. The largest absolute Gasteiger partial charge is 0.481 e. The van der Waals surface area contributed by atoms with Crippen molar-refractivity contribution < 1.29 is 29.3 Å². The van der Waals surface area contributed by atoms with Crippen LogP contribution >= 0.6 is 0 Å². The van der Waals surface area contributed by atoms with Crippen molar-refractivity contribution in [1.29, 1.82) is 0 Å². The first kappa shape index (κ1) is 17.2. The van der Waals surface area contributed by atoms with Crippen molar-refractivity contribution in [2.45, 2.75) is 44.8 Å². The van der Waals surface area contributed by atoms with Crippen LogP contribution in [-0.2, 0) is 14.3 Å². The first-order valence-corrected chi connectivity index (χ1v) is 7.00. The van der Waals surface area contributed by atoms with Gasteiger partial charge >= 0.3 is 18.0 Å². The van der Waals surface area contributed by atoms with Gasteiger partial charge in [-0.1, -0.05) is 0 Å². The molecule has 0 aromatic carbocycles. The Labute approximate surface area is 122 Å². The minimum absolute atomic E-state index is 0.0798. The van der Waals surface area contributed by atoms with E-state index in [1.165, 1.54) is 0 Å². The number of hydrogen-bond acceptors (Lipinski definition) is 4. The molecule has 0 saturated carbocycles. The molecule has 0 aromatic rings. The van der Waals surface area contributed by atoms with Gasteiger partial charge < -0.3 is 25.6 Å². The van der Waals surface area contributed by atoms with Crippen LogP contribution in [-0.4, -0.2) is 53.5 Å². The second kappa shape index (κ2) is 8.46. The highest BCUT2D eigenvalue weighted by atomic mass is 16.5. The van der Waals surface area contributed by atoms with Crippen molar-refractivity contribution in [1.82, 2.24) is 10.6 Å². The van der Waals surface area contributed by atoms with Crippen LogP contribution in [0.4, 0.5) is 4.79 Å². The van der Waals surface area contributed by atoms with Crippen LogP contribution in [0.5, 0.6) is 0 Å². The molecule has 1 aliphatic heterocycles. The van der Waals surface area contributed by atoms with Crippen LogP contribution < -0.4 is 10.6 Å². The lowest BCUT2D eigenvalue weighted by atomic mass is 10.0. The van der Waals surface area contributed by atoms with E-state index in [0.29, 0.717) is 13.2 Å². The Bertz CT molecular complexity index is 387. The normalized spacial score (nSPS) is 22.5. The number of hydrogen-bond donors (Lipinski definition) is 4. The molecule has 1 rings (SSSR count). The number of aliphatic carboxylic acids is 2. The first-order valence-electron chi connectivity index (χ1n) is 7.00. The number of carbonyl (C=O) groups excluding carboxylic acids is 1. The van der Waals surface area contributed by atoms with Crippen molar-refractivity contribution in [3.8, 4) is 0 Å². The standard InChI is InChI=1S/C13H22N2O6/c1-8-9(5-6-21-8)7-14-13(20)15-10(12(18)19)3-2-4-11(16)17/h8-10H,2-7H2,1H3,(H,16,17)(H,18,19)(H2,14,15,20)/t8?,9?,10-/m1/s1. The third kappa shape index (κ3) is 6.44. The molecule has 1 heterocycles. The summed E-state index contributed by atoms with van der Waals surface area (Å²) in [7, 11) is 0. The summed E-state index contributed by atoms with van der Waals surface area (Å²) in [4.78, 5) is 33.1. The predicted molar refractivity (Wildman–Crippen MR) is 73.0 cm³/mol. The number of carboxylic acid groups (broad SMARTS) is 2. The van der Waals surface area contributed by atoms with Gasteiger partial charge in [0.25, 0.3) is 0 Å². The summed E-state index contributed by atoms with van der Waals surface area (Å²) in [5.74, 6) is -1.93. The van der Waals surface area contributed by atoms with E-state index in [0.717, 1.165) is 6.42 Å². The Hall–Kier alpha value is -1.83. The summed E-state index contributed by atoms with van der Waals surface area (Å²) in [6.07, 6.45) is 1.10. The predicted octanol–water partition coefficient (Wildman–Crippen LogP) is 0.419. The van der Waals surface area contributed by atoms with Crippen molar-refractivity contribution in [2.75, 3.05) is 13.2 Å². The molecule has 0 aromatic heterocycles. The Balaban J connectivity index is 2.31. The third-order valence-corrected chi connectivity index (χ3v) is 3.54. The number of rotatable bonds is 8. The molecule has 1 aliphatic rings. The lowest BCUT2D eigenvalue weighted by molar-refractivity contribution is -0.140. The summed E-state index contributed by atoms with van der Waals surface area (Å²) in [5, 5.41) is 22.5. The van der Waals surface area contributed by atoms with Crippen LogP contribution in [0.3, 0.4) is 0 Å². The molecule has 8 heteroatoms. The van der Waals surface area contributed by atoms with E-state index in [1.54, 1.807) is 0 Å². The van der Waals surface area contributed by atoms with Gasteiger partial charge in [0, 0.05) is 25.5 Å². The van der Waals surface area contributed by atoms with E-state index in [2.05, 4.69) is 10.6 Å². The molecule has 0 radical (unpaired) electrons. The highest BCUT2D eigenvalue weighted by molar-refractivity contribution is 5.82. The maximum atomic E-state index is 11.7. The molecule has 8 nitrogen and oxygen atoms in total. The lowest BCUT2D eigenvalue weighted by Crippen LogP contribution is -2.47. The lowest BCUT2D eigenvalue weighted by Gasteiger charge is -2.18. The van der Waals surface area contributed by atoms with Crippen molar-refractivity contribution in [3.05, 3.63) is 0 Å². The van der Waals surface area contributed by atoms with E-state index >= 15 is 0 Å². The zero-order chi connectivity index (χ0) is 15.8. The molecule has 2 amide bonds. The minimum Gasteiger partial charge on any atom is -0.481 e. The Morgan fingerprint density at radius 1 is 1.33 bits per heavy atom.